The van der Waals surface area contributed by atoms with Crippen molar-refractivity contribution >= 4 is 39.3 Å². The summed E-state index contributed by atoms with van der Waals surface area (Å²) >= 11 is 9.33. The quantitative estimate of drug-likeness (QED) is 0.847. The number of halogens is 2. The molecule has 0 aliphatic heterocycles. The maximum Gasteiger partial charge on any atom is 0.339 e. The number of rotatable bonds is 4. The minimum Gasteiger partial charge on any atom is -0.478 e. The predicted octanol–water partition coefficient (Wildman–Crippen LogP) is 3.83. The number of aromatic nitrogens is 1. The second-order valence-corrected chi connectivity index (χ2v) is 5.50. The third kappa shape index (κ3) is 3.29. The van der Waals surface area contributed by atoms with E-state index in [9.17, 15) is 9.90 Å². The molecule has 0 aliphatic carbocycles. The van der Waals surface area contributed by atoms with Crippen LogP contribution in [0.25, 0.3) is 0 Å². The van der Waals surface area contributed by atoms with Gasteiger partial charge in [0, 0.05) is 18.1 Å². The summed E-state index contributed by atoms with van der Waals surface area (Å²) in [7, 11) is 1.78. The minimum atomic E-state index is -1.02. The van der Waals surface area contributed by atoms with Crippen LogP contribution in [0, 0.1) is 0 Å². The largest absolute Gasteiger partial charge is 0.478 e. The first-order valence-corrected chi connectivity index (χ1v) is 7.00. The van der Waals surface area contributed by atoms with Crippen LogP contribution in [-0.4, -0.2) is 23.1 Å². The van der Waals surface area contributed by atoms with Gasteiger partial charge >= 0.3 is 5.97 Å². The summed E-state index contributed by atoms with van der Waals surface area (Å²) in [4.78, 5) is 17.1. The second-order valence-electron chi connectivity index (χ2n) is 4.26. The molecule has 0 atom stereocenters. The van der Waals surface area contributed by atoms with Crippen molar-refractivity contribution in [2.24, 2.45) is 0 Å². The smallest absolute Gasteiger partial charge is 0.339 e. The van der Waals surface area contributed by atoms with Gasteiger partial charge in [-0.25, -0.2) is 9.78 Å². The Morgan fingerprint density at radius 1 is 1.35 bits per heavy atom. The number of anilines is 1. The third-order valence-electron chi connectivity index (χ3n) is 2.80. The molecule has 1 N–H and O–H groups in total. The van der Waals surface area contributed by atoms with Gasteiger partial charge in [0.2, 0.25) is 0 Å². The van der Waals surface area contributed by atoms with Crippen molar-refractivity contribution in [1.29, 1.82) is 0 Å². The van der Waals surface area contributed by atoms with Crippen LogP contribution in [0.2, 0.25) is 5.15 Å². The van der Waals surface area contributed by atoms with Crippen molar-refractivity contribution in [3.63, 3.8) is 0 Å². The fourth-order valence-corrected chi connectivity index (χ4v) is 2.39. The highest BCUT2D eigenvalue weighted by atomic mass is 79.9. The first-order valence-electron chi connectivity index (χ1n) is 5.83. The van der Waals surface area contributed by atoms with Gasteiger partial charge in [-0.2, -0.15) is 0 Å². The van der Waals surface area contributed by atoms with E-state index in [4.69, 9.17) is 11.6 Å². The molecule has 104 valence electrons. The number of carboxylic acid groups (broad SMARTS) is 1. The lowest BCUT2D eigenvalue weighted by atomic mass is 10.2. The first kappa shape index (κ1) is 14.8. The maximum atomic E-state index is 11.2. The SMILES string of the molecule is CN(Cc1ccccc1Br)c1nc(Cl)ccc1C(=O)O. The highest BCUT2D eigenvalue weighted by molar-refractivity contribution is 9.10. The molecule has 6 heteroatoms. The van der Waals surface area contributed by atoms with E-state index >= 15 is 0 Å². The molecule has 1 aromatic carbocycles. The van der Waals surface area contributed by atoms with Crippen molar-refractivity contribution in [3.05, 3.63) is 57.2 Å². The molecule has 0 bridgehead atoms. The van der Waals surface area contributed by atoms with Gasteiger partial charge in [0.1, 0.15) is 16.5 Å². The highest BCUT2D eigenvalue weighted by Gasteiger charge is 2.16. The zero-order chi connectivity index (χ0) is 14.7. The summed E-state index contributed by atoms with van der Waals surface area (Å²) in [6, 6.07) is 10.7. The Balaban J connectivity index is 2.34. The van der Waals surface area contributed by atoms with Crippen LogP contribution in [0.3, 0.4) is 0 Å². The van der Waals surface area contributed by atoms with Crippen LogP contribution < -0.4 is 4.90 Å². The minimum absolute atomic E-state index is 0.129. The molecule has 0 unspecified atom stereocenters. The van der Waals surface area contributed by atoms with Crippen molar-refractivity contribution in [3.8, 4) is 0 Å². The highest BCUT2D eigenvalue weighted by Crippen LogP contribution is 2.24. The van der Waals surface area contributed by atoms with Crippen LogP contribution in [0.5, 0.6) is 0 Å². The van der Waals surface area contributed by atoms with E-state index in [0.29, 0.717) is 12.4 Å². The first-order chi connectivity index (χ1) is 9.49. The van der Waals surface area contributed by atoms with Gasteiger partial charge in [0.15, 0.2) is 0 Å². The number of hydrogen-bond donors (Lipinski definition) is 1. The molecule has 0 radical (unpaired) electrons. The lowest BCUT2D eigenvalue weighted by Gasteiger charge is -2.20. The molecule has 2 rings (SSSR count). The molecule has 0 amide bonds. The number of hydrogen-bond acceptors (Lipinski definition) is 3. The van der Waals surface area contributed by atoms with Gasteiger partial charge < -0.3 is 10.0 Å². The Morgan fingerprint density at radius 3 is 2.70 bits per heavy atom. The van der Waals surface area contributed by atoms with Crippen molar-refractivity contribution < 1.29 is 9.90 Å². The van der Waals surface area contributed by atoms with Gasteiger partial charge in [-0.1, -0.05) is 45.7 Å². The van der Waals surface area contributed by atoms with E-state index in [0.717, 1.165) is 10.0 Å². The number of nitrogens with zero attached hydrogens (tertiary/aromatic N) is 2. The standard InChI is InChI=1S/C14H12BrClN2O2/c1-18(8-9-4-2-3-5-11(9)15)13-10(14(19)20)6-7-12(16)17-13/h2-7H,8H2,1H3,(H,19,20). The molecule has 1 aromatic heterocycles. The molecular weight excluding hydrogens is 344 g/mol. The zero-order valence-corrected chi connectivity index (χ0v) is 13.0. The van der Waals surface area contributed by atoms with E-state index in [2.05, 4.69) is 20.9 Å². The van der Waals surface area contributed by atoms with E-state index < -0.39 is 5.97 Å². The summed E-state index contributed by atoms with van der Waals surface area (Å²) in [5.74, 6) is -0.677. The monoisotopic (exact) mass is 354 g/mol. The number of pyridine rings is 1. The van der Waals surface area contributed by atoms with Crippen LogP contribution in [-0.2, 0) is 6.54 Å². The van der Waals surface area contributed by atoms with E-state index in [1.54, 1.807) is 11.9 Å². The maximum absolute atomic E-state index is 11.2. The third-order valence-corrected chi connectivity index (χ3v) is 3.78. The fraction of sp³-hybridized carbons (Fsp3) is 0.143. The number of benzene rings is 1. The topological polar surface area (TPSA) is 53.4 Å². The number of carboxylic acids is 1. The van der Waals surface area contributed by atoms with E-state index in [1.165, 1.54) is 12.1 Å². The average Bonchev–Trinajstić information content (AvgIpc) is 2.40. The summed E-state index contributed by atoms with van der Waals surface area (Å²) in [6.07, 6.45) is 0. The Kier molecular flexibility index (Phi) is 4.62. The van der Waals surface area contributed by atoms with E-state index in [1.807, 2.05) is 24.3 Å². The molecule has 20 heavy (non-hydrogen) atoms. The molecule has 0 spiro atoms. The normalized spacial score (nSPS) is 10.3. The van der Waals surface area contributed by atoms with Crippen molar-refractivity contribution in [1.82, 2.24) is 4.98 Å². The van der Waals surface area contributed by atoms with Crippen molar-refractivity contribution in [2.75, 3.05) is 11.9 Å². The van der Waals surface area contributed by atoms with Gasteiger partial charge in [0.25, 0.3) is 0 Å². The van der Waals surface area contributed by atoms with Gasteiger partial charge in [-0.15, -0.1) is 0 Å². The lowest BCUT2D eigenvalue weighted by molar-refractivity contribution is 0.0697. The Labute approximate surface area is 130 Å². The van der Waals surface area contributed by atoms with Crippen LogP contribution in [0.4, 0.5) is 5.82 Å². The molecule has 0 saturated heterocycles. The summed E-state index contributed by atoms with van der Waals surface area (Å²) in [6.45, 7) is 0.523. The molecule has 0 fully saturated rings. The number of carbonyl (C=O) groups is 1. The lowest BCUT2D eigenvalue weighted by Crippen LogP contribution is -2.21. The Hall–Kier alpha value is -1.59. The molecular formula is C14H12BrClN2O2. The van der Waals surface area contributed by atoms with Gasteiger partial charge in [-0.05, 0) is 23.8 Å². The molecule has 1 heterocycles. The average molecular weight is 356 g/mol. The van der Waals surface area contributed by atoms with Crippen LogP contribution >= 0.6 is 27.5 Å². The van der Waals surface area contributed by atoms with Gasteiger partial charge in [0.05, 0.1) is 0 Å². The summed E-state index contributed by atoms with van der Waals surface area (Å²) in [5, 5.41) is 9.47. The molecule has 2 aromatic rings. The van der Waals surface area contributed by atoms with Gasteiger partial charge in [-0.3, -0.25) is 0 Å². The van der Waals surface area contributed by atoms with Crippen LogP contribution in [0.1, 0.15) is 15.9 Å². The van der Waals surface area contributed by atoms with E-state index in [-0.39, 0.29) is 10.7 Å². The summed E-state index contributed by atoms with van der Waals surface area (Å²) < 4.78 is 0.964. The predicted molar refractivity (Wildman–Crippen MR) is 82.5 cm³/mol. The molecule has 0 saturated carbocycles. The van der Waals surface area contributed by atoms with Crippen LogP contribution in [0.15, 0.2) is 40.9 Å². The Bertz CT molecular complexity index is 649. The summed E-state index contributed by atoms with van der Waals surface area (Å²) in [5.41, 5.74) is 1.16. The Morgan fingerprint density at radius 2 is 2.05 bits per heavy atom. The second kappa shape index (κ2) is 6.24. The zero-order valence-electron chi connectivity index (χ0n) is 10.7. The number of aromatic carboxylic acids is 1. The molecule has 0 aliphatic rings. The fourth-order valence-electron chi connectivity index (χ4n) is 1.84. The van der Waals surface area contributed by atoms with Crippen molar-refractivity contribution in [2.45, 2.75) is 6.54 Å². The molecule has 4 nitrogen and oxygen atoms in total.